The summed E-state index contributed by atoms with van der Waals surface area (Å²) in [6, 6.07) is 27.4. The Balaban J connectivity index is 1.20. The van der Waals surface area contributed by atoms with E-state index in [2.05, 4.69) is 0 Å². The van der Waals surface area contributed by atoms with Crippen LogP contribution in [0.2, 0.25) is 0 Å². The number of amides is 1. The molecule has 11 nitrogen and oxygen atoms in total. The van der Waals surface area contributed by atoms with Gasteiger partial charge in [-0.25, -0.2) is 8.42 Å². The van der Waals surface area contributed by atoms with Crippen LogP contribution in [0.5, 0.6) is 5.75 Å². The number of anilines is 1. The van der Waals surface area contributed by atoms with Crippen LogP contribution in [0.15, 0.2) is 102 Å². The highest BCUT2D eigenvalue weighted by Gasteiger charge is 2.49. The molecular formula is C38H41NO10S. The summed E-state index contributed by atoms with van der Waals surface area (Å²) in [5.74, 6) is -1.30. The lowest BCUT2D eigenvalue weighted by Gasteiger charge is -2.48. The van der Waals surface area contributed by atoms with E-state index in [0.717, 1.165) is 11.1 Å². The number of hydrogen-bond donors (Lipinski definition) is 6. The second-order valence-electron chi connectivity index (χ2n) is 13.0. The number of aliphatic hydroxyl groups is 5. The maximum absolute atomic E-state index is 13.5. The maximum atomic E-state index is 13.5. The van der Waals surface area contributed by atoms with Crippen molar-refractivity contribution in [1.29, 1.82) is 0 Å². The number of aromatic hydroxyl groups is 1. The number of benzene rings is 4. The van der Waals surface area contributed by atoms with Crippen LogP contribution in [0.1, 0.15) is 41.7 Å². The van der Waals surface area contributed by atoms with Gasteiger partial charge in [0.1, 0.15) is 36.3 Å². The zero-order valence-electron chi connectivity index (χ0n) is 27.4. The number of aryl methyl sites for hydroxylation is 1. The van der Waals surface area contributed by atoms with Crippen molar-refractivity contribution >= 4 is 21.4 Å². The first-order chi connectivity index (χ1) is 23.9. The first-order valence-corrected chi connectivity index (χ1v) is 18.1. The van der Waals surface area contributed by atoms with Gasteiger partial charge in [-0.05, 0) is 66.8 Å². The number of hydrogen-bond acceptors (Lipinski definition) is 10. The lowest BCUT2D eigenvalue weighted by molar-refractivity contribution is -0.223. The van der Waals surface area contributed by atoms with Gasteiger partial charge < -0.3 is 40.3 Å². The van der Waals surface area contributed by atoms with Crippen LogP contribution in [0, 0.1) is 12.8 Å². The number of nitrogens with zero attached hydrogens (tertiary/aromatic N) is 1. The van der Waals surface area contributed by atoms with Crippen molar-refractivity contribution in [3.05, 3.63) is 114 Å². The van der Waals surface area contributed by atoms with Gasteiger partial charge >= 0.3 is 0 Å². The molecule has 0 saturated carbocycles. The molecule has 2 heterocycles. The Hall–Kier alpha value is -4.14. The monoisotopic (exact) mass is 703 g/mol. The Morgan fingerprint density at radius 1 is 0.820 bits per heavy atom. The fraction of sp³-hybridized carbons (Fsp3) is 0.342. The number of phenolic OH excluding ortho intramolecular Hbond substituents is 1. The van der Waals surface area contributed by atoms with Crippen molar-refractivity contribution in [2.75, 3.05) is 17.3 Å². The van der Waals surface area contributed by atoms with E-state index >= 15 is 0 Å². The maximum Gasteiger partial charge on any atom is 0.233 e. The number of rotatable bonds is 11. The van der Waals surface area contributed by atoms with Crippen LogP contribution in [0.3, 0.4) is 0 Å². The molecule has 2 aliphatic rings. The van der Waals surface area contributed by atoms with Gasteiger partial charge in [-0.2, -0.15) is 0 Å². The molecule has 0 spiro atoms. The number of sulfone groups is 1. The Morgan fingerprint density at radius 3 is 2.10 bits per heavy atom. The van der Waals surface area contributed by atoms with Crippen molar-refractivity contribution in [3.63, 3.8) is 0 Å². The number of β-lactam (4-membered cyclic amide) rings is 1. The van der Waals surface area contributed by atoms with E-state index in [1.807, 2.05) is 61.5 Å². The highest BCUT2D eigenvalue weighted by Crippen LogP contribution is 2.49. The van der Waals surface area contributed by atoms with Crippen molar-refractivity contribution in [1.82, 2.24) is 0 Å². The van der Waals surface area contributed by atoms with E-state index in [0.29, 0.717) is 35.2 Å². The summed E-state index contributed by atoms with van der Waals surface area (Å²) >= 11 is 0. The SMILES string of the molecule is Cc1ccc([C@@H](O)CC[C@H]2C(=O)N(c3ccccc3)[C@@H]2c2ccc(-c3ccc(S(=O)(=O)CC4O[C@H](CO)[C@@H](O)[C@H](O)[C@H]4O)cc3)cc2O)cc1. The molecule has 2 aliphatic heterocycles. The molecule has 6 rings (SSSR count). The second kappa shape index (κ2) is 14.6. The summed E-state index contributed by atoms with van der Waals surface area (Å²) < 4.78 is 31.8. The Bertz CT molecular complexity index is 1900. The summed E-state index contributed by atoms with van der Waals surface area (Å²) in [5.41, 5.74) is 4.32. The Morgan fingerprint density at radius 2 is 1.46 bits per heavy atom. The van der Waals surface area contributed by atoms with E-state index in [4.69, 9.17) is 4.74 Å². The lowest BCUT2D eigenvalue weighted by atomic mass is 9.77. The predicted molar refractivity (Wildman–Crippen MR) is 185 cm³/mol. The molecule has 2 fully saturated rings. The minimum atomic E-state index is -4.03. The second-order valence-corrected chi connectivity index (χ2v) is 15.1. The van der Waals surface area contributed by atoms with Gasteiger partial charge in [0.2, 0.25) is 5.91 Å². The topological polar surface area (TPSA) is 185 Å². The van der Waals surface area contributed by atoms with E-state index in [1.165, 1.54) is 12.1 Å². The van der Waals surface area contributed by atoms with Crippen LogP contribution in [-0.2, 0) is 19.4 Å². The molecule has 1 amide bonds. The Labute approximate surface area is 290 Å². The van der Waals surface area contributed by atoms with Gasteiger partial charge in [-0.15, -0.1) is 0 Å². The zero-order valence-corrected chi connectivity index (χ0v) is 28.2. The zero-order chi connectivity index (χ0) is 35.7. The molecule has 2 saturated heterocycles. The molecule has 12 heteroatoms. The first-order valence-electron chi connectivity index (χ1n) is 16.5. The number of aliphatic hydroxyl groups excluding tert-OH is 5. The van der Waals surface area contributed by atoms with Gasteiger partial charge in [0.15, 0.2) is 9.84 Å². The number of para-hydroxylation sites is 1. The summed E-state index contributed by atoms with van der Waals surface area (Å²) in [7, 11) is -4.03. The highest BCUT2D eigenvalue weighted by molar-refractivity contribution is 7.91. The fourth-order valence-electron chi connectivity index (χ4n) is 6.81. The average molecular weight is 704 g/mol. The fourth-order valence-corrected chi connectivity index (χ4v) is 8.26. The number of carbonyl (C=O) groups is 1. The van der Waals surface area contributed by atoms with Crippen LogP contribution >= 0.6 is 0 Å². The first kappa shape index (κ1) is 35.7. The molecule has 0 bridgehead atoms. The molecule has 6 N–H and O–H groups in total. The van der Waals surface area contributed by atoms with Crippen molar-refractivity contribution in [2.24, 2.45) is 5.92 Å². The molecule has 0 aromatic heterocycles. The van der Waals surface area contributed by atoms with E-state index < -0.39 is 70.8 Å². The van der Waals surface area contributed by atoms with Crippen molar-refractivity contribution in [3.8, 4) is 16.9 Å². The van der Waals surface area contributed by atoms with Crippen LogP contribution in [-0.4, -0.2) is 87.8 Å². The van der Waals surface area contributed by atoms with Gasteiger partial charge in [-0.1, -0.05) is 72.3 Å². The molecule has 0 aliphatic carbocycles. The van der Waals surface area contributed by atoms with Gasteiger partial charge in [0.05, 0.1) is 35.3 Å². The van der Waals surface area contributed by atoms with E-state index in [-0.39, 0.29) is 16.6 Å². The molecule has 0 radical (unpaired) electrons. The summed E-state index contributed by atoms with van der Waals surface area (Å²) in [6.45, 7) is 1.31. The van der Waals surface area contributed by atoms with Crippen LogP contribution in [0.25, 0.3) is 11.1 Å². The van der Waals surface area contributed by atoms with Crippen molar-refractivity contribution in [2.45, 2.75) is 67.3 Å². The van der Waals surface area contributed by atoms with Crippen LogP contribution < -0.4 is 4.90 Å². The summed E-state index contributed by atoms with van der Waals surface area (Å²) in [6.07, 6.45) is -7.51. The third kappa shape index (κ3) is 7.06. The van der Waals surface area contributed by atoms with Gasteiger partial charge in [0, 0.05) is 11.3 Å². The average Bonchev–Trinajstić information content (AvgIpc) is 3.11. The van der Waals surface area contributed by atoms with E-state index in [1.54, 1.807) is 35.2 Å². The number of ether oxygens (including phenoxy) is 1. The molecule has 4 aromatic carbocycles. The van der Waals surface area contributed by atoms with Gasteiger partial charge in [0.25, 0.3) is 0 Å². The van der Waals surface area contributed by atoms with E-state index in [9.17, 15) is 43.9 Å². The number of phenols is 1. The molecule has 264 valence electrons. The molecule has 8 atom stereocenters. The third-order valence-corrected chi connectivity index (χ3v) is 11.5. The van der Waals surface area contributed by atoms with Crippen LogP contribution in [0.4, 0.5) is 5.69 Å². The molecule has 1 unspecified atom stereocenters. The summed E-state index contributed by atoms with van der Waals surface area (Å²) in [4.78, 5) is 15.1. The summed E-state index contributed by atoms with van der Waals surface area (Å²) in [5, 5.41) is 62.0. The minimum Gasteiger partial charge on any atom is -0.508 e. The lowest BCUT2D eigenvalue weighted by Crippen LogP contribution is -2.60. The van der Waals surface area contributed by atoms with Gasteiger partial charge in [-0.3, -0.25) is 4.79 Å². The predicted octanol–water partition coefficient (Wildman–Crippen LogP) is 3.20. The molecular weight excluding hydrogens is 662 g/mol. The number of carbonyl (C=O) groups excluding carboxylic acids is 1. The Kier molecular flexibility index (Phi) is 10.4. The molecule has 50 heavy (non-hydrogen) atoms. The largest absolute Gasteiger partial charge is 0.508 e. The quantitative estimate of drug-likeness (QED) is 0.127. The smallest absolute Gasteiger partial charge is 0.233 e. The van der Waals surface area contributed by atoms with Crippen molar-refractivity contribution < 1.29 is 48.6 Å². The molecule has 4 aromatic rings. The highest BCUT2D eigenvalue weighted by atomic mass is 32.2. The normalized spacial score (nSPS) is 26.0. The minimum absolute atomic E-state index is 0.0377. The third-order valence-electron chi connectivity index (χ3n) is 9.73. The standard InChI is InChI=1S/C38H41NO10S/c1-22-7-9-24(10-8-22)30(41)18-17-29-34(39(38(29)46)26-5-3-2-4-6-26)28-16-13-25(19-31(28)42)23-11-14-27(15-12-23)50(47,48)21-33-36(44)37(45)35(43)32(20-40)49-33/h2-16,19,29-30,32-37,40-45H,17-18,20-21H2,1H3/t29-,30+,32-,33?,34-,35-,36+,37+/m1/s1.